The maximum Gasteiger partial charge on any atom is 0.353 e. The van der Waals surface area contributed by atoms with Crippen LogP contribution in [0, 0.1) is 10.1 Å². The summed E-state index contributed by atoms with van der Waals surface area (Å²) in [7, 11) is 0. The second kappa shape index (κ2) is 7.05. The van der Waals surface area contributed by atoms with Crippen LogP contribution in [0.5, 0.6) is 0 Å². The lowest BCUT2D eigenvalue weighted by Crippen LogP contribution is -2.05. The molecule has 0 aliphatic heterocycles. The van der Waals surface area contributed by atoms with Gasteiger partial charge in [0.1, 0.15) is 6.33 Å². The predicted octanol–water partition coefficient (Wildman–Crippen LogP) is 4.63. The Bertz CT molecular complexity index is 873. The van der Waals surface area contributed by atoms with Gasteiger partial charge in [-0.1, -0.05) is 30.3 Å². The number of benzene rings is 2. The van der Waals surface area contributed by atoms with Crippen molar-refractivity contribution in [2.75, 3.05) is 10.6 Å². The number of nitrogens with zero attached hydrogens (tertiary/aromatic N) is 3. The number of halogens is 1. The first kappa shape index (κ1) is 15.9. The smallest absolute Gasteiger partial charge is 0.334 e. The number of rotatable bonds is 5. The molecule has 2 N–H and O–H groups in total. The van der Waals surface area contributed by atoms with Gasteiger partial charge in [-0.25, -0.2) is 9.97 Å². The van der Waals surface area contributed by atoms with Gasteiger partial charge in [0.05, 0.1) is 10.6 Å². The van der Waals surface area contributed by atoms with Gasteiger partial charge in [-0.15, -0.1) is 0 Å². The number of para-hydroxylation sites is 2. The fraction of sp³-hybridized carbons (Fsp3) is 0. The molecule has 3 aromatic rings. The molecule has 0 saturated heterocycles. The van der Waals surface area contributed by atoms with E-state index in [0.29, 0.717) is 11.4 Å². The Labute approximate surface area is 146 Å². The van der Waals surface area contributed by atoms with Gasteiger partial charge in [0.2, 0.25) is 11.6 Å². The Morgan fingerprint density at radius 3 is 2.21 bits per heavy atom. The van der Waals surface area contributed by atoms with Crippen LogP contribution in [0.2, 0.25) is 0 Å². The SMILES string of the molecule is O=[N+]([O-])c1c(Nc2ccccc2)ncnc1Nc1ccccc1Br. The zero-order chi connectivity index (χ0) is 16.9. The normalized spacial score (nSPS) is 10.2. The first-order valence-electron chi connectivity index (χ1n) is 6.98. The summed E-state index contributed by atoms with van der Waals surface area (Å²) in [4.78, 5) is 19.1. The van der Waals surface area contributed by atoms with Crippen molar-refractivity contribution < 1.29 is 4.92 Å². The van der Waals surface area contributed by atoms with Gasteiger partial charge < -0.3 is 10.6 Å². The molecule has 0 fully saturated rings. The molecule has 2 aromatic carbocycles. The predicted molar refractivity (Wildman–Crippen MR) is 95.8 cm³/mol. The van der Waals surface area contributed by atoms with Crippen molar-refractivity contribution in [2.24, 2.45) is 0 Å². The molecule has 0 radical (unpaired) electrons. The standard InChI is InChI=1S/C16H12BrN5O2/c17-12-8-4-5-9-13(12)21-16-14(22(23)24)15(18-10-19-16)20-11-6-2-1-3-7-11/h1-10H,(H2,18,19,20,21). The maximum atomic E-state index is 11.5. The van der Waals surface area contributed by atoms with Crippen molar-refractivity contribution in [3.05, 3.63) is 75.5 Å². The number of anilines is 4. The van der Waals surface area contributed by atoms with E-state index in [9.17, 15) is 10.1 Å². The number of hydrogen-bond donors (Lipinski definition) is 2. The Morgan fingerprint density at radius 1 is 0.917 bits per heavy atom. The summed E-state index contributed by atoms with van der Waals surface area (Å²) in [6.07, 6.45) is 1.28. The van der Waals surface area contributed by atoms with E-state index in [0.717, 1.165) is 4.47 Å². The highest BCUT2D eigenvalue weighted by Crippen LogP contribution is 2.34. The van der Waals surface area contributed by atoms with Crippen LogP contribution in [0.15, 0.2) is 65.4 Å². The molecule has 0 bridgehead atoms. The molecule has 120 valence electrons. The van der Waals surface area contributed by atoms with E-state index < -0.39 is 4.92 Å². The van der Waals surface area contributed by atoms with E-state index in [2.05, 4.69) is 36.5 Å². The fourth-order valence-corrected chi connectivity index (χ4v) is 2.47. The Hall–Kier alpha value is -3.00. The van der Waals surface area contributed by atoms with Crippen molar-refractivity contribution in [3.63, 3.8) is 0 Å². The molecule has 1 aromatic heterocycles. The number of nitrogens with one attached hydrogen (secondary N) is 2. The van der Waals surface area contributed by atoms with Crippen LogP contribution in [0.25, 0.3) is 0 Å². The van der Waals surface area contributed by atoms with E-state index in [1.54, 1.807) is 18.2 Å². The van der Waals surface area contributed by atoms with Crippen LogP contribution in [0.4, 0.5) is 28.7 Å². The van der Waals surface area contributed by atoms with Crippen molar-refractivity contribution in [1.82, 2.24) is 9.97 Å². The van der Waals surface area contributed by atoms with E-state index in [1.807, 2.05) is 36.4 Å². The lowest BCUT2D eigenvalue weighted by Gasteiger charge is -2.11. The molecule has 7 nitrogen and oxygen atoms in total. The Morgan fingerprint density at radius 2 is 1.54 bits per heavy atom. The molecule has 0 unspecified atom stereocenters. The van der Waals surface area contributed by atoms with Gasteiger partial charge in [-0.3, -0.25) is 10.1 Å². The van der Waals surface area contributed by atoms with E-state index >= 15 is 0 Å². The molecule has 8 heteroatoms. The van der Waals surface area contributed by atoms with Gasteiger partial charge in [-0.05, 0) is 40.2 Å². The monoisotopic (exact) mass is 385 g/mol. The fourth-order valence-electron chi connectivity index (χ4n) is 2.08. The number of hydrogen-bond acceptors (Lipinski definition) is 6. The molecule has 0 saturated carbocycles. The molecule has 0 aliphatic rings. The third kappa shape index (κ3) is 3.49. The highest BCUT2D eigenvalue weighted by Gasteiger charge is 2.23. The van der Waals surface area contributed by atoms with Crippen LogP contribution in [0.3, 0.4) is 0 Å². The summed E-state index contributed by atoms with van der Waals surface area (Å²) in [5.41, 5.74) is 1.15. The van der Waals surface area contributed by atoms with Crippen molar-refractivity contribution in [1.29, 1.82) is 0 Å². The summed E-state index contributed by atoms with van der Waals surface area (Å²) in [5, 5.41) is 17.5. The molecule has 0 amide bonds. The minimum Gasteiger partial charge on any atom is -0.334 e. The second-order valence-corrected chi connectivity index (χ2v) is 5.63. The van der Waals surface area contributed by atoms with Crippen molar-refractivity contribution in [3.8, 4) is 0 Å². The minimum absolute atomic E-state index is 0.111. The summed E-state index contributed by atoms with van der Waals surface area (Å²) in [6.45, 7) is 0. The van der Waals surface area contributed by atoms with E-state index in [-0.39, 0.29) is 17.3 Å². The minimum atomic E-state index is -0.509. The second-order valence-electron chi connectivity index (χ2n) is 4.77. The molecule has 0 atom stereocenters. The summed E-state index contributed by atoms with van der Waals surface area (Å²) >= 11 is 3.40. The van der Waals surface area contributed by atoms with Gasteiger partial charge in [0.15, 0.2) is 0 Å². The molecule has 24 heavy (non-hydrogen) atoms. The van der Waals surface area contributed by atoms with Crippen molar-refractivity contribution in [2.45, 2.75) is 0 Å². The Kier molecular flexibility index (Phi) is 4.66. The largest absolute Gasteiger partial charge is 0.353 e. The van der Waals surface area contributed by atoms with Gasteiger partial charge in [0, 0.05) is 10.2 Å². The highest BCUT2D eigenvalue weighted by molar-refractivity contribution is 9.10. The van der Waals surface area contributed by atoms with Gasteiger partial charge in [-0.2, -0.15) is 0 Å². The van der Waals surface area contributed by atoms with Crippen LogP contribution >= 0.6 is 15.9 Å². The maximum absolute atomic E-state index is 11.5. The molecular formula is C16H12BrN5O2. The van der Waals surface area contributed by atoms with E-state index in [4.69, 9.17) is 0 Å². The quantitative estimate of drug-likeness (QED) is 0.490. The zero-order valence-corrected chi connectivity index (χ0v) is 13.9. The lowest BCUT2D eigenvalue weighted by molar-refractivity contribution is -0.383. The van der Waals surface area contributed by atoms with Gasteiger partial charge in [0.25, 0.3) is 0 Å². The average Bonchev–Trinajstić information content (AvgIpc) is 2.58. The molecule has 0 aliphatic carbocycles. The van der Waals surface area contributed by atoms with Crippen LogP contribution in [-0.2, 0) is 0 Å². The van der Waals surface area contributed by atoms with E-state index in [1.165, 1.54) is 6.33 Å². The number of nitro groups is 1. The van der Waals surface area contributed by atoms with Gasteiger partial charge >= 0.3 is 5.69 Å². The zero-order valence-electron chi connectivity index (χ0n) is 12.3. The summed E-state index contributed by atoms with van der Waals surface area (Å²) < 4.78 is 0.774. The highest BCUT2D eigenvalue weighted by atomic mass is 79.9. The third-order valence-electron chi connectivity index (χ3n) is 3.17. The summed E-state index contributed by atoms with van der Waals surface area (Å²) in [5.74, 6) is 0.232. The Balaban J connectivity index is 1.99. The third-order valence-corrected chi connectivity index (χ3v) is 3.86. The molecule has 1 heterocycles. The summed E-state index contributed by atoms with van der Waals surface area (Å²) in [6, 6.07) is 16.4. The van der Waals surface area contributed by atoms with Crippen LogP contribution < -0.4 is 10.6 Å². The van der Waals surface area contributed by atoms with Crippen molar-refractivity contribution >= 4 is 44.6 Å². The molecule has 0 spiro atoms. The average molecular weight is 386 g/mol. The van der Waals surface area contributed by atoms with Crippen LogP contribution in [0.1, 0.15) is 0 Å². The molecular weight excluding hydrogens is 374 g/mol. The number of aromatic nitrogens is 2. The lowest BCUT2D eigenvalue weighted by atomic mass is 10.3. The first-order chi connectivity index (χ1) is 11.6. The van der Waals surface area contributed by atoms with Crippen LogP contribution in [-0.4, -0.2) is 14.9 Å². The first-order valence-corrected chi connectivity index (χ1v) is 7.77. The topological polar surface area (TPSA) is 93.0 Å². The molecule has 3 rings (SSSR count).